The van der Waals surface area contributed by atoms with Crippen molar-refractivity contribution in [1.29, 1.82) is 5.26 Å². The van der Waals surface area contributed by atoms with Gasteiger partial charge >= 0.3 is 6.18 Å². The van der Waals surface area contributed by atoms with E-state index in [9.17, 15) is 23.2 Å². The van der Waals surface area contributed by atoms with Gasteiger partial charge in [0.15, 0.2) is 5.78 Å². The standard InChI is InChI=1S/C34H30Cl2F3N3O2/c1-18-11-20(17-44-23-8-5-21(35)6-9-23)19(2)24(12-18)30-25(16-40)32(41)42(28-14-33(3,4)15-29(43)31(28)30)27-10-7-22(36)13-26(27)34(37,38)39/h5-13,30H,14-15,17,41H2,1-4H3. The van der Waals surface area contributed by atoms with Gasteiger partial charge in [0.25, 0.3) is 0 Å². The number of ether oxygens (including phenoxy) is 1. The third-order valence-corrected chi connectivity index (χ3v) is 8.59. The topological polar surface area (TPSA) is 79.3 Å². The Kier molecular flexibility index (Phi) is 8.25. The van der Waals surface area contributed by atoms with Gasteiger partial charge in [0.2, 0.25) is 0 Å². The first kappa shape index (κ1) is 31.5. The molecular formula is C34H30Cl2F3N3O2. The first-order chi connectivity index (χ1) is 20.6. The third-order valence-electron chi connectivity index (χ3n) is 8.10. The molecule has 0 saturated carbocycles. The van der Waals surface area contributed by atoms with Crippen LogP contribution in [-0.4, -0.2) is 5.78 Å². The maximum atomic E-state index is 14.3. The molecule has 5 nitrogen and oxygen atoms in total. The Labute approximate surface area is 264 Å². The van der Waals surface area contributed by atoms with Crippen LogP contribution in [0.1, 0.15) is 60.4 Å². The summed E-state index contributed by atoms with van der Waals surface area (Å²) in [5.41, 5.74) is 8.57. The van der Waals surface area contributed by atoms with Crippen molar-refractivity contribution in [3.05, 3.63) is 115 Å². The number of Topliss-reactive ketones (excluding diaryl/α,β-unsaturated/α-hetero) is 1. The molecule has 0 radical (unpaired) electrons. The third kappa shape index (κ3) is 5.91. The monoisotopic (exact) mass is 639 g/mol. The number of hydrogen-bond acceptors (Lipinski definition) is 5. The number of aryl methyl sites for hydroxylation is 1. The molecule has 0 amide bonds. The van der Waals surface area contributed by atoms with Gasteiger partial charge in [-0.15, -0.1) is 0 Å². The van der Waals surface area contributed by atoms with Crippen molar-refractivity contribution in [2.75, 3.05) is 4.90 Å². The van der Waals surface area contributed by atoms with E-state index in [0.717, 1.165) is 22.8 Å². The van der Waals surface area contributed by atoms with E-state index >= 15 is 0 Å². The molecule has 3 aromatic rings. The second kappa shape index (κ2) is 11.5. The number of rotatable bonds is 5. The molecule has 2 N–H and O–H groups in total. The van der Waals surface area contributed by atoms with Gasteiger partial charge in [0, 0.05) is 27.7 Å². The van der Waals surface area contributed by atoms with Crippen LogP contribution in [0.25, 0.3) is 0 Å². The van der Waals surface area contributed by atoms with E-state index in [1.165, 1.54) is 17.0 Å². The van der Waals surface area contributed by atoms with Crippen LogP contribution in [-0.2, 0) is 17.6 Å². The summed E-state index contributed by atoms with van der Waals surface area (Å²) in [5, 5.41) is 11.0. The quantitative estimate of drug-likeness (QED) is 0.301. The number of nitrogens with two attached hydrogens (primary N) is 1. The van der Waals surface area contributed by atoms with Gasteiger partial charge in [0.05, 0.1) is 28.8 Å². The van der Waals surface area contributed by atoms with Gasteiger partial charge in [-0.3, -0.25) is 9.69 Å². The first-order valence-corrected chi connectivity index (χ1v) is 14.7. The molecule has 228 valence electrons. The molecule has 0 bridgehead atoms. The lowest BCUT2D eigenvalue weighted by Gasteiger charge is -2.44. The van der Waals surface area contributed by atoms with Crippen molar-refractivity contribution in [2.24, 2.45) is 11.1 Å². The predicted molar refractivity (Wildman–Crippen MR) is 165 cm³/mol. The number of anilines is 1. The largest absolute Gasteiger partial charge is 0.489 e. The molecule has 0 fully saturated rings. The highest BCUT2D eigenvalue weighted by molar-refractivity contribution is 6.31. The lowest BCUT2D eigenvalue weighted by Crippen LogP contribution is -2.42. The van der Waals surface area contributed by atoms with Crippen molar-refractivity contribution in [3.8, 4) is 11.8 Å². The average Bonchev–Trinajstić information content (AvgIpc) is 2.93. The minimum absolute atomic E-state index is 0.00171. The predicted octanol–water partition coefficient (Wildman–Crippen LogP) is 9.15. The van der Waals surface area contributed by atoms with Crippen molar-refractivity contribution in [2.45, 2.75) is 59.2 Å². The minimum atomic E-state index is -4.77. The Hall–Kier alpha value is -3.93. The molecule has 44 heavy (non-hydrogen) atoms. The van der Waals surface area contributed by atoms with Gasteiger partial charge < -0.3 is 10.5 Å². The van der Waals surface area contributed by atoms with E-state index in [1.807, 2.05) is 39.8 Å². The van der Waals surface area contributed by atoms with Gasteiger partial charge in [-0.25, -0.2) is 0 Å². The fraction of sp³-hybridized carbons (Fsp3) is 0.294. The molecule has 1 atom stereocenters. The molecule has 5 rings (SSSR count). The van der Waals surface area contributed by atoms with Crippen LogP contribution >= 0.6 is 23.2 Å². The summed E-state index contributed by atoms with van der Waals surface area (Å²) in [6.45, 7) is 7.75. The number of alkyl halides is 3. The molecule has 0 saturated heterocycles. The van der Waals surface area contributed by atoms with Crippen molar-refractivity contribution < 1.29 is 22.7 Å². The second-order valence-electron chi connectivity index (χ2n) is 12.0. The summed E-state index contributed by atoms with van der Waals surface area (Å²) < 4.78 is 49.0. The molecular weight excluding hydrogens is 610 g/mol. The molecule has 1 aliphatic carbocycles. The zero-order valence-corrected chi connectivity index (χ0v) is 26.1. The highest BCUT2D eigenvalue weighted by atomic mass is 35.5. The molecule has 3 aromatic carbocycles. The van der Waals surface area contributed by atoms with Gasteiger partial charge in [-0.05, 0) is 84.8 Å². The molecule has 1 unspecified atom stereocenters. The van der Waals surface area contributed by atoms with Crippen LogP contribution in [0.2, 0.25) is 10.0 Å². The van der Waals surface area contributed by atoms with E-state index in [0.29, 0.717) is 22.0 Å². The van der Waals surface area contributed by atoms with Crippen LogP contribution in [0.15, 0.2) is 77.3 Å². The van der Waals surface area contributed by atoms with Gasteiger partial charge in [-0.1, -0.05) is 54.7 Å². The molecule has 2 aliphatic rings. The van der Waals surface area contributed by atoms with Crippen LogP contribution < -0.4 is 15.4 Å². The van der Waals surface area contributed by atoms with Crippen molar-refractivity contribution >= 4 is 34.7 Å². The maximum Gasteiger partial charge on any atom is 0.418 e. The molecule has 1 heterocycles. The summed E-state index contributed by atoms with van der Waals surface area (Å²) in [4.78, 5) is 15.2. The van der Waals surface area contributed by atoms with Crippen LogP contribution in [0, 0.1) is 30.6 Å². The number of halogens is 5. The fourth-order valence-electron chi connectivity index (χ4n) is 6.13. The zero-order chi connectivity index (χ0) is 32.1. The van der Waals surface area contributed by atoms with Crippen LogP contribution in [0.4, 0.5) is 18.9 Å². The second-order valence-corrected chi connectivity index (χ2v) is 12.9. The van der Waals surface area contributed by atoms with Gasteiger partial charge in [0.1, 0.15) is 18.2 Å². The van der Waals surface area contributed by atoms with Crippen LogP contribution in [0.5, 0.6) is 5.75 Å². The molecule has 0 spiro atoms. The Bertz CT molecular complexity index is 1770. The molecule has 10 heteroatoms. The normalized spacial score (nSPS) is 18.3. The Morgan fingerprint density at radius 3 is 2.34 bits per heavy atom. The lowest BCUT2D eigenvalue weighted by atomic mass is 9.67. The fourth-order valence-corrected chi connectivity index (χ4v) is 6.43. The summed E-state index contributed by atoms with van der Waals surface area (Å²) in [7, 11) is 0. The number of nitriles is 1. The maximum absolute atomic E-state index is 14.3. The summed E-state index contributed by atoms with van der Waals surface area (Å²) >= 11 is 12.0. The lowest BCUT2D eigenvalue weighted by molar-refractivity contribution is -0.137. The summed E-state index contributed by atoms with van der Waals surface area (Å²) in [5.74, 6) is -0.654. The summed E-state index contributed by atoms with van der Waals surface area (Å²) in [6, 6.07) is 16.4. The van der Waals surface area contributed by atoms with E-state index in [4.69, 9.17) is 33.7 Å². The minimum Gasteiger partial charge on any atom is -0.489 e. The smallest absolute Gasteiger partial charge is 0.418 e. The van der Waals surface area contributed by atoms with Crippen LogP contribution in [0.3, 0.4) is 0 Å². The number of hydrogen-bond donors (Lipinski definition) is 1. The van der Waals surface area contributed by atoms with Crippen molar-refractivity contribution in [3.63, 3.8) is 0 Å². The van der Waals surface area contributed by atoms with E-state index in [-0.39, 0.29) is 52.9 Å². The number of nitrogens with zero attached hydrogens (tertiary/aromatic N) is 2. The number of carbonyl (C=O) groups excluding carboxylic acids is 1. The number of benzene rings is 3. The van der Waals surface area contributed by atoms with E-state index < -0.39 is 23.1 Å². The first-order valence-electron chi connectivity index (χ1n) is 13.9. The summed E-state index contributed by atoms with van der Waals surface area (Å²) in [6.07, 6.45) is -4.34. The van der Waals surface area contributed by atoms with E-state index in [1.54, 1.807) is 24.3 Å². The SMILES string of the molecule is Cc1cc(COc2ccc(Cl)cc2)c(C)c(C2C(C#N)=C(N)N(c3ccc(Cl)cc3C(F)(F)F)C3=C2C(=O)CC(C)(C)C3)c1. The number of ketones is 1. The van der Waals surface area contributed by atoms with E-state index in [2.05, 4.69) is 6.07 Å². The van der Waals surface area contributed by atoms with Gasteiger partial charge in [-0.2, -0.15) is 18.4 Å². The Morgan fingerprint density at radius 1 is 1.05 bits per heavy atom. The Morgan fingerprint density at radius 2 is 1.70 bits per heavy atom. The highest BCUT2D eigenvalue weighted by Gasteiger charge is 2.47. The molecule has 1 aliphatic heterocycles. The number of carbonyl (C=O) groups is 1. The number of allylic oxidation sites excluding steroid dienone is 3. The Balaban J connectivity index is 1.71. The average molecular weight is 641 g/mol. The zero-order valence-electron chi connectivity index (χ0n) is 24.6. The highest BCUT2D eigenvalue weighted by Crippen LogP contribution is 2.52. The molecule has 0 aromatic heterocycles. The van der Waals surface area contributed by atoms with Crippen molar-refractivity contribution in [1.82, 2.24) is 0 Å².